The van der Waals surface area contributed by atoms with Crippen LogP contribution in [0.15, 0.2) is 0 Å². The fourth-order valence-corrected chi connectivity index (χ4v) is 2.69. The monoisotopic (exact) mass is 226 g/mol. The molecule has 0 aliphatic heterocycles. The minimum Gasteiger partial charge on any atom is -0.329 e. The maximum atomic E-state index is 5.74. The maximum Gasteiger partial charge on any atom is 0.0108 e. The fourth-order valence-electron chi connectivity index (χ4n) is 2.69. The van der Waals surface area contributed by atoms with E-state index in [-0.39, 0.29) is 0 Å². The Morgan fingerprint density at radius 2 is 1.69 bits per heavy atom. The van der Waals surface area contributed by atoms with E-state index in [1.807, 2.05) is 0 Å². The summed E-state index contributed by atoms with van der Waals surface area (Å²) in [6.45, 7) is 7.78. The lowest BCUT2D eigenvalue weighted by Gasteiger charge is -2.31. The van der Waals surface area contributed by atoms with Crippen LogP contribution in [-0.4, -0.2) is 30.6 Å². The van der Waals surface area contributed by atoms with E-state index in [9.17, 15) is 0 Å². The fraction of sp³-hybridized carbons (Fsp3) is 1.00. The summed E-state index contributed by atoms with van der Waals surface area (Å²) < 4.78 is 0. The van der Waals surface area contributed by atoms with Gasteiger partial charge in [0.2, 0.25) is 0 Å². The minimum atomic E-state index is 0.811. The molecule has 0 aromatic heterocycles. The van der Waals surface area contributed by atoms with E-state index in [1.54, 1.807) is 0 Å². The number of hydrogen-bond acceptors (Lipinski definition) is 2. The second kappa shape index (κ2) is 8.08. The standard InChI is InChI=1S/C14H30N2/c1-13(2)9-11-16(12-10-15)14-7-5-3-4-6-8-14/h13-14H,3-12,15H2,1-2H3. The lowest BCUT2D eigenvalue weighted by atomic mass is 10.0. The molecule has 1 aliphatic rings. The lowest BCUT2D eigenvalue weighted by molar-refractivity contribution is 0.174. The van der Waals surface area contributed by atoms with Gasteiger partial charge in [0.15, 0.2) is 0 Å². The van der Waals surface area contributed by atoms with Crippen LogP contribution >= 0.6 is 0 Å². The molecular formula is C14H30N2. The molecule has 0 spiro atoms. The van der Waals surface area contributed by atoms with Crippen LogP contribution in [0.25, 0.3) is 0 Å². The van der Waals surface area contributed by atoms with Crippen molar-refractivity contribution in [2.45, 2.75) is 64.8 Å². The highest BCUT2D eigenvalue weighted by molar-refractivity contribution is 4.75. The Bertz CT molecular complexity index is 160. The predicted molar refractivity (Wildman–Crippen MR) is 71.6 cm³/mol. The molecule has 1 saturated carbocycles. The third-order valence-corrected chi connectivity index (χ3v) is 3.75. The van der Waals surface area contributed by atoms with E-state index >= 15 is 0 Å². The highest BCUT2D eigenvalue weighted by Gasteiger charge is 2.19. The topological polar surface area (TPSA) is 29.3 Å². The number of nitrogens with two attached hydrogens (primary N) is 1. The summed E-state index contributed by atoms with van der Waals surface area (Å²) in [4.78, 5) is 2.66. The van der Waals surface area contributed by atoms with Gasteiger partial charge in [0.25, 0.3) is 0 Å². The molecule has 96 valence electrons. The molecule has 16 heavy (non-hydrogen) atoms. The van der Waals surface area contributed by atoms with Crippen molar-refractivity contribution in [1.29, 1.82) is 0 Å². The Labute approximate surface area is 102 Å². The van der Waals surface area contributed by atoms with E-state index in [0.717, 1.165) is 25.0 Å². The first kappa shape index (κ1) is 14.0. The quantitative estimate of drug-likeness (QED) is 0.705. The van der Waals surface area contributed by atoms with Crippen LogP contribution in [0.1, 0.15) is 58.8 Å². The van der Waals surface area contributed by atoms with Gasteiger partial charge in [-0.05, 0) is 31.7 Å². The lowest BCUT2D eigenvalue weighted by Crippen LogP contribution is -2.39. The van der Waals surface area contributed by atoms with E-state index in [2.05, 4.69) is 18.7 Å². The Kier molecular flexibility index (Phi) is 7.06. The first-order chi connectivity index (χ1) is 7.74. The average molecular weight is 226 g/mol. The molecule has 0 aromatic carbocycles. The minimum absolute atomic E-state index is 0.811. The second-order valence-electron chi connectivity index (χ2n) is 5.65. The van der Waals surface area contributed by atoms with E-state index in [4.69, 9.17) is 5.73 Å². The van der Waals surface area contributed by atoms with Gasteiger partial charge in [-0.15, -0.1) is 0 Å². The molecule has 0 amide bonds. The molecule has 0 bridgehead atoms. The van der Waals surface area contributed by atoms with E-state index in [1.165, 1.54) is 51.5 Å². The smallest absolute Gasteiger partial charge is 0.0108 e. The first-order valence-corrected chi connectivity index (χ1v) is 7.18. The summed E-state index contributed by atoms with van der Waals surface area (Å²) in [7, 11) is 0. The first-order valence-electron chi connectivity index (χ1n) is 7.18. The summed E-state index contributed by atoms with van der Waals surface area (Å²) in [6.07, 6.45) is 9.85. The molecule has 0 saturated heterocycles. The molecule has 0 radical (unpaired) electrons. The van der Waals surface area contributed by atoms with Crippen molar-refractivity contribution >= 4 is 0 Å². The van der Waals surface area contributed by atoms with Crippen LogP contribution in [0.3, 0.4) is 0 Å². The summed E-state index contributed by atoms with van der Waals surface area (Å²) in [5, 5.41) is 0. The van der Waals surface area contributed by atoms with Crippen molar-refractivity contribution in [2.75, 3.05) is 19.6 Å². The largest absolute Gasteiger partial charge is 0.329 e. The average Bonchev–Trinajstić information content (AvgIpc) is 2.52. The summed E-state index contributed by atoms with van der Waals surface area (Å²) in [5.74, 6) is 0.811. The van der Waals surface area contributed by atoms with Crippen LogP contribution in [0.5, 0.6) is 0 Å². The molecule has 2 heteroatoms. The van der Waals surface area contributed by atoms with Crippen molar-refractivity contribution in [2.24, 2.45) is 11.7 Å². The van der Waals surface area contributed by atoms with Gasteiger partial charge in [0.05, 0.1) is 0 Å². The van der Waals surface area contributed by atoms with Crippen molar-refractivity contribution in [3.8, 4) is 0 Å². The Hall–Kier alpha value is -0.0800. The van der Waals surface area contributed by atoms with Gasteiger partial charge in [-0.1, -0.05) is 39.5 Å². The van der Waals surface area contributed by atoms with Crippen LogP contribution in [0, 0.1) is 5.92 Å². The van der Waals surface area contributed by atoms with Gasteiger partial charge >= 0.3 is 0 Å². The van der Waals surface area contributed by atoms with Crippen molar-refractivity contribution in [1.82, 2.24) is 4.90 Å². The van der Waals surface area contributed by atoms with Gasteiger partial charge in [-0.2, -0.15) is 0 Å². The molecule has 0 aromatic rings. The number of hydrogen-bond donors (Lipinski definition) is 1. The summed E-state index contributed by atoms with van der Waals surface area (Å²) in [5.41, 5.74) is 5.74. The Balaban J connectivity index is 2.39. The summed E-state index contributed by atoms with van der Waals surface area (Å²) in [6, 6.07) is 0.824. The molecule has 0 heterocycles. The molecule has 0 atom stereocenters. The zero-order chi connectivity index (χ0) is 11.8. The molecule has 0 unspecified atom stereocenters. The highest BCUT2D eigenvalue weighted by atomic mass is 15.2. The highest BCUT2D eigenvalue weighted by Crippen LogP contribution is 2.22. The molecule has 2 N–H and O–H groups in total. The van der Waals surface area contributed by atoms with Crippen LogP contribution in [0.4, 0.5) is 0 Å². The zero-order valence-corrected chi connectivity index (χ0v) is 11.3. The van der Waals surface area contributed by atoms with Gasteiger partial charge in [0.1, 0.15) is 0 Å². The third-order valence-electron chi connectivity index (χ3n) is 3.75. The maximum absolute atomic E-state index is 5.74. The normalized spacial score (nSPS) is 19.3. The third kappa shape index (κ3) is 5.31. The molecule has 1 aliphatic carbocycles. The van der Waals surface area contributed by atoms with Gasteiger partial charge in [-0.25, -0.2) is 0 Å². The molecule has 1 rings (SSSR count). The van der Waals surface area contributed by atoms with Crippen molar-refractivity contribution < 1.29 is 0 Å². The summed E-state index contributed by atoms with van der Waals surface area (Å²) >= 11 is 0. The van der Waals surface area contributed by atoms with Gasteiger partial charge in [0, 0.05) is 19.1 Å². The zero-order valence-electron chi connectivity index (χ0n) is 11.3. The second-order valence-corrected chi connectivity index (χ2v) is 5.65. The van der Waals surface area contributed by atoms with Crippen LogP contribution in [-0.2, 0) is 0 Å². The Morgan fingerprint density at radius 1 is 1.06 bits per heavy atom. The van der Waals surface area contributed by atoms with Crippen molar-refractivity contribution in [3.63, 3.8) is 0 Å². The van der Waals surface area contributed by atoms with Crippen LogP contribution in [0.2, 0.25) is 0 Å². The molecule has 2 nitrogen and oxygen atoms in total. The van der Waals surface area contributed by atoms with Gasteiger partial charge < -0.3 is 5.73 Å². The molecular weight excluding hydrogens is 196 g/mol. The predicted octanol–water partition coefficient (Wildman–Crippen LogP) is 3.02. The molecule has 1 fully saturated rings. The van der Waals surface area contributed by atoms with Crippen molar-refractivity contribution in [3.05, 3.63) is 0 Å². The Morgan fingerprint density at radius 3 is 2.19 bits per heavy atom. The SMILES string of the molecule is CC(C)CCN(CCN)C1CCCCCC1. The van der Waals surface area contributed by atoms with E-state index in [0.29, 0.717) is 0 Å². The van der Waals surface area contributed by atoms with Crippen LogP contribution < -0.4 is 5.73 Å². The number of rotatable bonds is 6. The van der Waals surface area contributed by atoms with Gasteiger partial charge in [-0.3, -0.25) is 4.90 Å². The number of nitrogens with zero attached hydrogens (tertiary/aromatic N) is 1. The van der Waals surface area contributed by atoms with E-state index < -0.39 is 0 Å².